The van der Waals surface area contributed by atoms with Crippen LogP contribution in [0.15, 0.2) is 5.16 Å². The quantitative estimate of drug-likeness (QED) is 0.446. The van der Waals surface area contributed by atoms with Crippen LogP contribution in [0, 0.1) is 5.92 Å². The van der Waals surface area contributed by atoms with E-state index in [1.807, 2.05) is 0 Å². The van der Waals surface area contributed by atoms with Crippen LogP contribution in [0.2, 0.25) is 0 Å². The second kappa shape index (κ2) is 8.81. The number of aliphatic hydroxyl groups excluding tert-OH is 1. The van der Waals surface area contributed by atoms with Crippen LogP contribution in [0.4, 0.5) is 5.82 Å². The SMILES string of the molecule is CSc1nc(N2CCN(CCO)CC2)c2sc3nc(CC(C)C)c4c(c3c2n1)CCC4. The molecule has 1 fully saturated rings. The zero-order chi connectivity index (χ0) is 21.5. The lowest BCUT2D eigenvalue weighted by atomic mass is 9.99. The van der Waals surface area contributed by atoms with Crippen molar-refractivity contribution in [2.24, 2.45) is 5.92 Å². The minimum atomic E-state index is 0.222. The van der Waals surface area contributed by atoms with Gasteiger partial charge in [0, 0.05) is 43.8 Å². The van der Waals surface area contributed by atoms with E-state index in [-0.39, 0.29) is 6.61 Å². The predicted octanol–water partition coefficient (Wildman–Crippen LogP) is 3.76. The van der Waals surface area contributed by atoms with E-state index in [1.165, 1.54) is 33.3 Å². The molecule has 8 heteroatoms. The number of β-amino-alcohol motifs (C(OH)–C–C–N with tert-alkyl or cyclic N) is 1. The Hall–Kier alpha value is -1.48. The van der Waals surface area contributed by atoms with Gasteiger partial charge in [-0.25, -0.2) is 15.0 Å². The van der Waals surface area contributed by atoms with Crippen LogP contribution in [-0.2, 0) is 19.3 Å². The molecule has 0 amide bonds. The number of aliphatic hydroxyl groups is 1. The minimum absolute atomic E-state index is 0.222. The second-order valence-electron chi connectivity index (χ2n) is 9.01. The molecule has 1 aliphatic carbocycles. The van der Waals surface area contributed by atoms with Gasteiger partial charge in [0.05, 0.1) is 16.8 Å². The first-order chi connectivity index (χ1) is 15.1. The van der Waals surface area contributed by atoms with Crippen LogP contribution >= 0.6 is 23.1 Å². The third kappa shape index (κ3) is 3.92. The fraction of sp³-hybridized carbons (Fsp3) is 0.609. The first kappa shape index (κ1) is 21.4. The highest BCUT2D eigenvalue weighted by Gasteiger charge is 2.27. The van der Waals surface area contributed by atoms with Crippen LogP contribution in [0.25, 0.3) is 20.4 Å². The van der Waals surface area contributed by atoms with Gasteiger partial charge in [0.1, 0.15) is 4.83 Å². The number of hydrogen-bond acceptors (Lipinski definition) is 8. The van der Waals surface area contributed by atoms with Gasteiger partial charge >= 0.3 is 0 Å². The molecule has 166 valence electrons. The monoisotopic (exact) mass is 457 g/mol. The van der Waals surface area contributed by atoms with Gasteiger partial charge in [-0.15, -0.1) is 11.3 Å². The predicted molar refractivity (Wildman–Crippen MR) is 131 cm³/mol. The summed E-state index contributed by atoms with van der Waals surface area (Å²) in [6.45, 7) is 9.30. The molecule has 0 unspecified atom stereocenters. The summed E-state index contributed by atoms with van der Waals surface area (Å²) in [6, 6.07) is 0. The first-order valence-electron chi connectivity index (χ1n) is 11.4. The van der Waals surface area contributed by atoms with Crippen molar-refractivity contribution in [3.8, 4) is 0 Å². The Bertz CT molecular complexity index is 1100. The van der Waals surface area contributed by atoms with Gasteiger partial charge in [-0.3, -0.25) is 4.90 Å². The van der Waals surface area contributed by atoms with Gasteiger partial charge in [0.15, 0.2) is 11.0 Å². The summed E-state index contributed by atoms with van der Waals surface area (Å²) in [5, 5.41) is 11.4. The molecule has 6 nitrogen and oxygen atoms in total. The fourth-order valence-corrected chi connectivity index (χ4v) is 6.54. The third-order valence-electron chi connectivity index (χ3n) is 6.45. The fourth-order valence-electron chi connectivity index (χ4n) is 5.00. The van der Waals surface area contributed by atoms with Crippen molar-refractivity contribution in [3.63, 3.8) is 0 Å². The molecule has 0 aromatic carbocycles. The zero-order valence-electron chi connectivity index (χ0n) is 18.6. The highest BCUT2D eigenvalue weighted by molar-refractivity contribution is 7.98. The van der Waals surface area contributed by atoms with Crippen LogP contribution in [0.3, 0.4) is 0 Å². The van der Waals surface area contributed by atoms with E-state index in [0.29, 0.717) is 5.92 Å². The van der Waals surface area contributed by atoms with Crippen molar-refractivity contribution in [2.45, 2.75) is 44.7 Å². The molecular formula is C23H31N5OS2. The molecule has 3 aromatic heterocycles. The number of rotatable bonds is 6. The van der Waals surface area contributed by atoms with Crippen molar-refractivity contribution in [1.29, 1.82) is 0 Å². The molecule has 0 bridgehead atoms. The summed E-state index contributed by atoms with van der Waals surface area (Å²) >= 11 is 3.40. The van der Waals surface area contributed by atoms with Crippen LogP contribution in [0.1, 0.15) is 37.1 Å². The molecule has 1 aliphatic heterocycles. The standard InChI is InChI=1S/C23H31N5OS2/c1-14(2)13-17-15-5-4-6-16(15)18-19-20(31-22(18)24-17)21(26-23(25-19)30-3)28-9-7-27(8-10-28)11-12-29/h14,29H,4-13H2,1-3H3. The molecule has 1 N–H and O–H groups in total. The number of anilines is 1. The van der Waals surface area contributed by atoms with Crippen molar-refractivity contribution in [1.82, 2.24) is 19.9 Å². The minimum Gasteiger partial charge on any atom is -0.395 e. The van der Waals surface area contributed by atoms with Gasteiger partial charge in [-0.05, 0) is 49.0 Å². The number of thioether (sulfide) groups is 1. The van der Waals surface area contributed by atoms with E-state index in [0.717, 1.165) is 73.3 Å². The van der Waals surface area contributed by atoms with E-state index in [4.69, 9.17) is 15.0 Å². The number of aryl methyl sites for hydroxylation is 1. The van der Waals surface area contributed by atoms with E-state index < -0.39 is 0 Å². The van der Waals surface area contributed by atoms with Gasteiger partial charge in [0.25, 0.3) is 0 Å². The average molecular weight is 458 g/mol. The molecule has 0 saturated carbocycles. The summed E-state index contributed by atoms with van der Waals surface area (Å²) in [5.41, 5.74) is 5.40. The number of nitrogens with zero attached hydrogens (tertiary/aromatic N) is 5. The van der Waals surface area contributed by atoms with Crippen molar-refractivity contribution >= 4 is 49.3 Å². The van der Waals surface area contributed by atoms with Crippen LogP contribution < -0.4 is 4.90 Å². The highest BCUT2D eigenvalue weighted by Crippen LogP contribution is 2.43. The number of pyridine rings is 1. The Morgan fingerprint density at radius 3 is 2.55 bits per heavy atom. The largest absolute Gasteiger partial charge is 0.395 e. The number of aromatic nitrogens is 3. The lowest BCUT2D eigenvalue weighted by Gasteiger charge is -2.35. The normalized spacial score (nSPS) is 17.4. The molecule has 4 heterocycles. The molecule has 5 rings (SSSR count). The van der Waals surface area contributed by atoms with Gasteiger partial charge in [0.2, 0.25) is 0 Å². The molecule has 31 heavy (non-hydrogen) atoms. The van der Waals surface area contributed by atoms with Crippen LogP contribution in [-0.4, -0.2) is 70.5 Å². The molecule has 1 saturated heterocycles. The van der Waals surface area contributed by atoms with E-state index in [9.17, 15) is 5.11 Å². The maximum absolute atomic E-state index is 9.26. The van der Waals surface area contributed by atoms with Gasteiger partial charge in [-0.1, -0.05) is 25.6 Å². The molecule has 0 atom stereocenters. The van der Waals surface area contributed by atoms with E-state index >= 15 is 0 Å². The zero-order valence-corrected chi connectivity index (χ0v) is 20.3. The van der Waals surface area contributed by atoms with E-state index in [1.54, 1.807) is 23.1 Å². The summed E-state index contributed by atoms with van der Waals surface area (Å²) < 4.78 is 1.19. The van der Waals surface area contributed by atoms with Crippen molar-refractivity contribution in [2.75, 3.05) is 50.5 Å². The molecule has 2 aliphatic rings. The summed E-state index contributed by atoms with van der Waals surface area (Å²) in [7, 11) is 0. The lowest BCUT2D eigenvalue weighted by molar-refractivity contribution is 0.188. The Morgan fingerprint density at radius 1 is 1.06 bits per heavy atom. The number of fused-ring (bicyclic) bond motifs is 5. The molecule has 3 aromatic rings. The smallest absolute Gasteiger partial charge is 0.189 e. The first-order valence-corrected chi connectivity index (χ1v) is 13.4. The molecule has 0 spiro atoms. The Labute approximate surface area is 192 Å². The Morgan fingerprint density at radius 2 is 1.84 bits per heavy atom. The second-order valence-corrected chi connectivity index (χ2v) is 10.8. The molecule has 0 radical (unpaired) electrons. The number of piperazine rings is 1. The average Bonchev–Trinajstić information content (AvgIpc) is 3.38. The summed E-state index contributed by atoms with van der Waals surface area (Å²) in [6.07, 6.45) is 6.62. The van der Waals surface area contributed by atoms with E-state index in [2.05, 4.69) is 29.9 Å². The lowest BCUT2D eigenvalue weighted by Crippen LogP contribution is -2.47. The maximum Gasteiger partial charge on any atom is 0.189 e. The van der Waals surface area contributed by atoms with Crippen molar-refractivity contribution in [3.05, 3.63) is 16.8 Å². The summed E-state index contributed by atoms with van der Waals surface area (Å²) in [4.78, 5) is 21.0. The number of thiophene rings is 1. The third-order valence-corrected chi connectivity index (χ3v) is 8.07. The summed E-state index contributed by atoms with van der Waals surface area (Å²) in [5.74, 6) is 1.68. The Balaban J connectivity index is 1.65. The number of hydrogen-bond donors (Lipinski definition) is 1. The van der Waals surface area contributed by atoms with Gasteiger partial charge in [-0.2, -0.15) is 0 Å². The highest BCUT2D eigenvalue weighted by atomic mass is 32.2. The van der Waals surface area contributed by atoms with Gasteiger partial charge < -0.3 is 10.0 Å². The molecular weight excluding hydrogens is 426 g/mol. The maximum atomic E-state index is 9.26. The van der Waals surface area contributed by atoms with Crippen molar-refractivity contribution < 1.29 is 5.11 Å². The Kier molecular flexibility index (Phi) is 6.07. The topological polar surface area (TPSA) is 65.4 Å². The van der Waals surface area contributed by atoms with Crippen LogP contribution in [0.5, 0.6) is 0 Å².